The predicted octanol–water partition coefficient (Wildman–Crippen LogP) is 1.33. The average Bonchev–Trinajstić information content (AvgIpc) is 2.45. The zero-order valence-corrected chi connectivity index (χ0v) is 12.3. The Balaban J connectivity index is 2.49. The number of ether oxygens (including phenoxy) is 2. The molecule has 0 aliphatic heterocycles. The molecule has 6 nitrogen and oxygen atoms in total. The van der Waals surface area contributed by atoms with Gasteiger partial charge < -0.3 is 19.9 Å². The molecule has 0 aromatic carbocycles. The van der Waals surface area contributed by atoms with Gasteiger partial charge in [-0.15, -0.1) is 0 Å². The van der Waals surface area contributed by atoms with Crippen molar-refractivity contribution in [3.05, 3.63) is 0 Å². The van der Waals surface area contributed by atoms with Gasteiger partial charge in [0.15, 0.2) is 6.04 Å². The van der Waals surface area contributed by atoms with Gasteiger partial charge in [0.05, 0.1) is 12.7 Å². The molecule has 0 aromatic heterocycles. The lowest BCUT2D eigenvalue weighted by Crippen LogP contribution is -2.49. The number of carbonyl (C=O) groups excluding carboxylic acids is 1. The van der Waals surface area contributed by atoms with Crippen LogP contribution in [0.1, 0.15) is 45.4 Å². The number of nitrogens with one attached hydrogen (secondary N) is 1. The summed E-state index contributed by atoms with van der Waals surface area (Å²) in [5, 5.41) is 11.5. The number of rotatable bonds is 8. The van der Waals surface area contributed by atoms with Gasteiger partial charge in [0, 0.05) is 7.11 Å². The molecule has 116 valence electrons. The summed E-state index contributed by atoms with van der Waals surface area (Å²) in [5.41, 5.74) is 0. The van der Waals surface area contributed by atoms with E-state index in [0.717, 1.165) is 25.7 Å². The molecule has 1 aliphatic carbocycles. The Morgan fingerprint density at radius 3 is 2.45 bits per heavy atom. The number of hydrogen-bond acceptors (Lipinski definition) is 4. The largest absolute Gasteiger partial charge is 0.480 e. The quantitative estimate of drug-likeness (QED) is 0.703. The Bertz CT molecular complexity index is 315. The number of hydrogen-bond donors (Lipinski definition) is 2. The third kappa shape index (κ3) is 5.46. The number of carbonyl (C=O) groups is 2. The zero-order chi connectivity index (χ0) is 15.0. The Kier molecular flexibility index (Phi) is 7.54. The molecule has 0 heterocycles. The second kappa shape index (κ2) is 8.92. The number of amides is 1. The molecule has 1 rings (SSSR count). The lowest BCUT2D eigenvalue weighted by Gasteiger charge is -2.27. The molecule has 6 heteroatoms. The normalized spacial score (nSPS) is 19.3. The van der Waals surface area contributed by atoms with Crippen molar-refractivity contribution in [2.24, 2.45) is 0 Å². The van der Waals surface area contributed by atoms with Gasteiger partial charge in [0.1, 0.15) is 6.10 Å². The second-order valence-corrected chi connectivity index (χ2v) is 5.15. The van der Waals surface area contributed by atoms with Crippen LogP contribution in [0.15, 0.2) is 0 Å². The lowest BCUT2D eigenvalue weighted by molar-refractivity contribution is -0.147. The Morgan fingerprint density at radius 2 is 1.95 bits per heavy atom. The van der Waals surface area contributed by atoms with Crippen molar-refractivity contribution in [2.75, 3.05) is 13.7 Å². The van der Waals surface area contributed by atoms with Crippen molar-refractivity contribution in [3.8, 4) is 0 Å². The van der Waals surface area contributed by atoms with Crippen LogP contribution in [0.3, 0.4) is 0 Å². The first-order valence-electron chi connectivity index (χ1n) is 7.26. The third-order valence-corrected chi connectivity index (χ3v) is 3.52. The minimum absolute atomic E-state index is 0.0546. The summed E-state index contributed by atoms with van der Waals surface area (Å²) in [6.45, 7) is 1.81. The van der Waals surface area contributed by atoms with E-state index in [2.05, 4.69) is 5.32 Å². The number of carboxylic acids is 1. The van der Waals surface area contributed by atoms with Crippen molar-refractivity contribution >= 4 is 11.9 Å². The molecule has 1 amide bonds. The maximum atomic E-state index is 12.1. The van der Waals surface area contributed by atoms with E-state index in [1.54, 1.807) is 0 Å². The van der Waals surface area contributed by atoms with E-state index in [0.29, 0.717) is 6.42 Å². The molecule has 0 saturated heterocycles. The van der Waals surface area contributed by atoms with E-state index in [1.807, 2.05) is 6.92 Å². The van der Waals surface area contributed by atoms with Crippen LogP contribution < -0.4 is 5.32 Å². The third-order valence-electron chi connectivity index (χ3n) is 3.52. The van der Waals surface area contributed by atoms with E-state index in [9.17, 15) is 9.59 Å². The summed E-state index contributed by atoms with van der Waals surface area (Å²) >= 11 is 0. The molecule has 2 atom stereocenters. The molecule has 0 bridgehead atoms. The molecule has 0 aromatic rings. The Labute approximate surface area is 119 Å². The topological polar surface area (TPSA) is 84.9 Å². The van der Waals surface area contributed by atoms with Gasteiger partial charge in [-0.25, -0.2) is 4.79 Å². The maximum absolute atomic E-state index is 12.1. The molecule has 2 N–H and O–H groups in total. The highest BCUT2D eigenvalue weighted by atomic mass is 16.5. The Morgan fingerprint density at radius 1 is 1.30 bits per heavy atom. The van der Waals surface area contributed by atoms with Gasteiger partial charge in [-0.05, 0) is 19.3 Å². The minimum Gasteiger partial charge on any atom is -0.480 e. The second-order valence-electron chi connectivity index (χ2n) is 5.15. The molecular weight excluding hydrogens is 262 g/mol. The molecule has 1 aliphatic rings. The van der Waals surface area contributed by atoms with Crippen molar-refractivity contribution in [1.82, 2.24) is 5.32 Å². The van der Waals surface area contributed by atoms with Crippen molar-refractivity contribution in [3.63, 3.8) is 0 Å². The van der Waals surface area contributed by atoms with E-state index >= 15 is 0 Å². The molecule has 0 radical (unpaired) electrons. The average molecular weight is 287 g/mol. The standard InChI is InChI=1S/C14H25NO5/c1-3-12(20-10-7-5-4-6-8-10)13(16)15-11(9-19-2)14(17)18/h10-12H,3-9H2,1-2H3,(H,15,16)(H,17,18). The van der Waals surface area contributed by atoms with Crippen LogP contribution in [0.4, 0.5) is 0 Å². The molecule has 0 spiro atoms. The van der Waals surface area contributed by atoms with Gasteiger partial charge in [-0.1, -0.05) is 26.2 Å². The van der Waals surface area contributed by atoms with Crippen LogP contribution in [-0.2, 0) is 19.1 Å². The van der Waals surface area contributed by atoms with Gasteiger partial charge in [-0.2, -0.15) is 0 Å². The zero-order valence-electron chi connectivity index (χ0n) is 12.3. The van der Waals surface area contributed by atoms with Crippen LogP contribution in [0, 0.1) is 0 Å². The summed E-state index contributed by atoms with van der Waals surface area (Å²) in [5.74, 6) is -1.48. The van der Waals surface area contributed by atoms with Crippen LogP contribution in [-0.4, -0.2) is 48.9 Å². The van der Waals surface area contributed by atoms with Crippen LogP contribution in [0.25, 0.3) is 0 Å². The highest BCUT2D eigenvalue weighted by Gasteiger charge is 2.27. The molecule has 1 saturated carbocycles. The van der Waals surface area contributed by atoms with Crippen molar-refractivity contribution in [2.45, 2.75) is 63.7 Å². The highest BCUT2D eigenvalue weighted by molar-refractivity contribution is 5.86. The number of carboxylic acid groups (broad SMARTS) is 1. The minimum atomic E-state index is -1.10. The fourth-order valence-corrected chi connectivity index (χ4v) is 2.38. The monoisotopic (exact) mass is 287 g/mol. The summed E-state index contributed by atoms with van der Waals surface area (Å²) in [7, 11) is 1.40. The van der Waals surface area contributed by atoms with Gasteiger partial charge in [-0.3, -0.25) is 4.79 Å². The first-order valence-corrected chi connectivity index (χ1v) is 7.26. The van der Waals surface area contributed by atoms with Crippen molar-refractivity contribution in [1.29, 1.82) is 0 Å². The molecular formula is C14H25NO5. The predicted molar refractivity (Wildman–Crippen MR) is 73.5 cm³/mol. The first kappa shape index (κ1) is 16.9. The SMILES string of the molecule is CCC(OC1CCCCC1)C(=O)NC(COC)C(=O)O. The Hall–Kier alpha value is -1.14. The van der Waals surface area contributed by atoms with Crippen LogP contribution in [0.2, 0.25) is 0 Å². The first-order chi connectivity index (χ1) is 9.58. The summed E-state index contributed by atoms with van der Waals surface area (Å²) in [6, 6.07) is -1.03. The lowest BCUT2D eigenvalue weighted by atomic mass is 9.97. The van der Waals surface area contributed by atoms with Crippen LogP contribution in [0.5, 0.6) is 0 Å². The van der Waals surface area contributed by atoms with Gasteiger partial charge in [0.2, 0.25) is 5.91 Å². The van der Waals surface area contributed by atoms with Gasteiger partial charge >= 0.3 is 5.97 Å². The van der Waals surface area contributed by atoms with E-state index in [-0.39, 0.29) is 18.6 Å². The highest BCUT2D eigenvalue weighted by Crippen LogP contribution is 2.22. The fourth-order valence-electron chi connectivity index (χ4n) is 2.38. The van der Waals surface area contributed by atoms with E-state index in [1.165, 1.54) is 13.5 Å². The van der Waals surface area contributed by atoms with Crippen molar-refractivity contribution < 1.29 is 24.2 Å². The van der Waals surface area contributed by atoms with Crippen LogP contribution >= 0.6 is 0 Å². The number of aliphatic carboxylic acids is 1. The molecule has 20 heavy (non-hydrogen) atoms. The van der Waals surface area contributed by atoms with E-state index < -0.39 is 18.1 Å². The summed E-state index contributed by atoms with van der Waals surface area (Å²) in [4.78, 5) is 23.1. The maximum Gasteiger partial charge on any atom is 0.328 e. The summed E-state index contributed by atoms with van der Waals surface area (Å²) in [6.07, 6.45) is 5.49. The number of methoxy groups -OCH3 is 1. The van der Waals surface area contributed by atoms with E-state index in [4.69, 9.17) is 14.6 Å². The molecule has 2 unspecified atom stereocenters. The summed E-state index contributed by atoms with van der Waals surface area (Å²) < 4.78 is 10.6. The fraction of sp³-hybridized carbons (Fsp3) is 0.857. The molecule has 1 fully saturated rings. The smallest absolute Gasteiger partial charge is 0.328 e. The van der Waals surface area contributed by atoms with Gasteiger partial charge in [0.25, 0.3) is 0 Å².